The van der Waals surface area contributed by atoms with Crippen molar-refractivity contribution in [3.05, 3.63) is 30.2 Å². The van der Waals surface area contributed by atoms with E-state index in [0.29, 0.717) is 5.92 Å². The minimum atomic E-state index is 0.692. The summed E-state index contributed by atoms with van der Waals surface area (Å²) in [6.45, 7) is 8.56. The lowest BCUT2D eigenvalue weighted by atomic mass is 10.2. The molecule has 0 aliphatic heterocycles. The minimum Gasteiger partial charge on any atom is -0.469 e. The normalized spacial score (nSPS) is 11.4. The van der Waals surface area contributed by atoms with Gasteiger partial charge in [-0.1, -0.05) is 20.8 Å². The van der Waals surface area contributed by atoms with Gasteiger partial charge in [0.15, 0.2) is 11.7 Å². The van der Waals surface area contributed by atoms with E-state index < -0.39 is 0 Å². The predicted molar refractivity (Wildman–Crippen MR) is 79.6 cm³/mol. The summed E-state index contributed by atoms with van der Waals surface area (Å²) in [5.41, 5.74) is 1.02. The average molecular weight is 276 g/mol. The second-order valence-electron chi connectivity index (χ2n) is 5.43. The van der Waals surface area contributed by atoms with Crippen molar-refractivity contribution in [2.24, 2.45) is 5.92 Å². The topological polar surface area (TPSA) is 51.2 Å². The van der Waals surface area contributed by atoms with E-state index in [9.17, 15) is 0 Å². The van der Waals surface area contributed by atoms with Gasteiger partial charge in [0.2, 0.25) is 0 Å². The van der Waals surface area contributed by atoms with E-state index >= 15 is 0 Å². The van der Waals surface area contributed by atoms with Gasteiger partial charge in [-0.05, 0) is 31.5 Å². The van der Waals surface area contributed by atoms with Crippen molar-refractivity contribution in [2.45, 2.75) is 40.0 Å². The molecule has 0 aliphatic rings. The van der Waals surface area contributed by atoms with Gasteiger partial charge in [-0.15, -0.1) is 0 Å². The van der Waals surface area contributed by atoms with Crippen LogP contribution in [0.3, 0.4) is 0 Å². The Morgan fingerprint density at radius 3 is 2.95 bits per heavy atom. The Morgan fingerprint density at radius 2 is 2.20 bits per heavy atom. The molecule has 2 aromatic rings. The van der Waals surface area contributed by atoms with Crippen molar-refractivity contribution in [3.8, 4) is 11.3 Å². The highest BCUT2D eigenvalue weighted by Gasteiger charge is 2.12. The molecule has 2 heterocycles. The molecule has 20 heavy (non-hydrogen) atoms. The highest BCUT2D eigenvalue weighted by molar-refractivity contribution is 5.58. The summed E-state index contributed by atoms with van der Waals surface area (Å²) in [5, 5.41) is 3.42. The first-order chi connectivity index (χ1) is 9.70. The van der Waals surface area contributed by atoms with Gasteiger partial charge in [0.05, 0.1) is 18.0 Å². The number of aryl methyl sites for hydroxylation is 2. The first-order valence-electron chi connectivity index (χ1n) is 7.42. The average Bonchev–Trinajstić information content (AvgIpc) is 3.05. The van der Waals surface area contributed by atoms with Crippen molar-refractivity contribution < 1.29 is 8.83 Å². The number of furan rings is 1. The molecule has 1 N–H and O–H groups in total. The summed E-state index contributed by atoms with van der Waals surface area (Å²) in [4.78, 5) is 4.34. The molecule has 0 saturated heterocycles. The number of nitrogens with zero attached hydrogens (tertiary/aromatic N) is 1. The molecule has 110 valence electrons. The largest absolute Gasteiger partial charge is 0.469 e. The highest BCUT2D eigenvalue weighted by atomic mass is 16.4. The van der Waals surface area contributed by atoms with Gasteiger partial charge in [-0.25, -0.2) is 4.98 Å². The quantitative estimate of drug-likeness (QED) is 0.747. The van der Waals surface area contributed by atoms with E-state index in [0.717, 1.165) is 55.3 Å². The number of nitrogens with one attached hydrogen (secondary N) is 1. The Kier molecular flexibility index (Phi) is 5.41. The lowest BCUT2D eigenvalue weighted by molar-refractivity contribution is 0.480. The second-order valence-corrected chi connectivity index (χ2v) is 5.43. The van der Waals surface area contributed by atoms with Gasteiger partial charge in [0.25, 0.3) is 0 Å². The Balaban J connectivity index is 1.83. The first kappa shape index (κ1) is 14.9. The van der Waals surface area contributed by atoms with E-state index in [-0.39, 0.29) is 0 Å². The van der Waals surface area contributed by atoms with Crippen LogP contribution in [0.15, 0.2) is 27.4 Å². The molecule has 0 amide bonds. The number of hydrogen-bond donors (Lipinski definition) is 1. The van der Waals surface area contributed by atoms with E-state index in [1.165, 1.54) is 0 Å². The molecule has 2 aromatic heterocycles. The molecule has 4 nitrogen and oxygen atoms in total. The molecular formula is C16H24N2O2. The zero-order valence-corrected chi connectivity index (χ0v) is 12.6. The maximum Gasteiger partial charge on any atom is 0.194 e. The van der Waals surface area contributed by atoms with Crippen LogP contribution in [0.5, 0.6) is 0 Å². The minimum absolute atomic E-state index is 0.692. The summed E-state index contributed by atoms with van der Waals surface area (Å²) in [5.74, 6) is 3.25. The Hall–Kier alpha value is -1.55. The van der Waals surface area contributed by atoms with Crippen molar-refractivity contribution in [1.29, 1.82) is 0 Å². The summed E-state index contributed by atoms with van der Waals surface area (Å²) >= 11 is 0. The van der Waals surface area contributed by atoms with Crippen LogP contribution < -0.4 is 5.32 Å². The first-order valence-corrected chi connectivity index (χ1v) is 7.42. The third-order valence-corrected chi connectivity index (χ3v) is 3.18. The third kappa shape index (κ3) is 3.97. The van der Waals surface area contributed by atoms with Gasteiger partial charge in [0.1, 0.15) is 5.76 Å². The predicted octanol–water partition coefficient (Wildman–Crippen LogP) is 3.68. The summed E-state index contributed by atoms with van der Waals surface area (Å²) in [6.07, 6.45) is 6.26. The molecule has 0 saturated carbocycles. The maximum atomic E-state index is 5.80. The number of oxazole rings is 1. The molecule has 0 bridgehead atoms. The van der Waals surface area contributed by atoms with Gasteiger partial charge in [-0.2, -0.15) is 0 Å². The molecular weight excluding hydrogens is 252 g/mol. The van der Waals surface area contributed by atoms with E-state index in [4.69, 9.17) is 8.83 Å². The fraction of sp³-hybridized carbons (Fsp3) is 0.562. The molecule has 0 aliphatic carbocycles. The number of aromatic nitrogens is 1. The van der Waals surface area contributed by atoms with E-state index in [1.54, 1.807) is 12.5 Å². The molecule has 0 fully saturated rings. The third-order valence-electron chi connectivity index (χ3n) is 3.18. The highest BCUT2D eigenvalue weighted by Crippen LogP contribution is 2.26. The molecule has 2 rings (SSSR count). The van der Waals surface area contributed by atoms with Crippen LogP contribution in [0, 0.1) is 5.92 Å². The van der Waals surface area contributed by atoms with Crippen molar-refractivity contribution in [1.82, 2.24) is 10.3 Å². The SMILES string of the molecule is CCc1occc1-c1cnc(CCCNCC(C)C)o1. The fourth-order valence-electron chi connectivity index (χ4n) is 2.14. The molecule has 0 unspecified atom stereocenters. The van der Waals surface area contributed by atoms with Crippen molar-refractivity contribution in [3.63, 3.8) is 0 Å². The van der Waals surface area contributed by atoms with Crippen molar-refractivity contribution in [2.75, 3.05) is 13.1 Å². The van der Waals surface area contributed by atoms with Crippen LogP contribution in [0.4, 0.5) is 0 Å². The van der Waals surface area contributed by atoms with Crippen molar-refractivity contribution >= 4 is 0 Å². The fourth-order valence-corrected chi connectivity index (χ4v) is 2.14. The molecule has 0 radical (unpaired) electrons. The summed E-state index contributed by atoms with van der Waals surface area (Å²) in [6, 6.07) is 1.94. The molecule has 0 atom stereocenters. The molecule has 0 spiro atoms. The van der Waals surface area contributed by atoms with Crippen LogP contribution in [0.25, 0.3) is 11.3 Å². The Morgan fingerprint density at radius 1 is 1.35 bits per heavy atom. The number of hydrogen-bond acceptors (Lipinski definition) is 4. The van der Waals surface area contributed by atoms with E-state index in [1.807, 2.05) is 6.07 Å². The zero-order chi connectivity index (χ0) is 14.4. The van der Waals surface area contributed by atoms with Crippen LogP contribution >= 0.6 is 0 Å². The lowest BCUT2D eigenvalue weighted by Gasteiger charge is -2.05. The standard InChI is InChI=1S/C16H24N2O2/c1-4-14-13(7-9-19-14)15-11-18-16(20-15)6-5-8-17-10-12(2)3/h7,9,11-12,17H,4-6,8,10H2,1-3H3. The molecule has 0 aromatic carbocycles. The van der Waals surface area contributed by atoms with Crippen LogP contribution in [0.1, 0.15) is 38.8 Å². The van der Waals surface area contributed by atoms with Crippen LogP contribution in [-0.2, 0) is 12.8 Å². The van der Waals surface area contributed by atoms with Crippen LogP contribution in [0.2, 0.25) is 0 Å². The number of rotatable bonds is 8. The Labute approximate surface area is 120 Å². The van der Waals surface area contributed by atoms with Crippen LogP contribution in [-0.4, -0.2) is 18.1 Å². The van der Waals surface area contributed by atoms with E-state index in [2.05, 4.69) is 31.1 Å². The smallest absolute Gasteiger partial charge is 0.194 e. The zero-order valence-electron chi connectivity index (χ0n) is 12.6. The Bertz CT molecular complexity index is 514. The van der Waals surface area contributed by atoms with Gasteiger partial charge in [-0.3, -0.25) is 0 Å². The van der Waals surface area contributed by atoms with Gasteiger partial charge >= 0.3 is 0 Å². The molecule has 4 heteroatoms. The summed E-state index contributed by atoms with van der Waals surface area (Å²) < 4.78 is 11.2. The van der Waals surface area contributed by atoms with Gasteiger partial charge < -0.3 is 14.2 Å². The lowest BCUT2D eigenvalue weighted by Crippen LogP contribution is -2.21. The maximum absolute atomic E-state index is 5.80. The van der Waals surface area contributed by atoms with Gasteiger partial charge in [0, 0.05) is 12.8 Å². The second kappa shape index (κ2) is 7.29. The monoisotopic (exact) mass is 276 g/mol. The summed E-state index contributed by atoms with van der Waals surface area (Å²) in [7, 11) is 0.